The van der Waals surface area contributed by atoms with Gasteiger partial charge in [-0.2, -0.15) is 17.5 Å². The second-order valence-corrected chi connectivity index (χ2v) is 11.2. The van der Waals surface area contributed by atoms with E-state index in [0.29, 0.717) is 26.8 Å². The van der Waals surface area contributed by atoms with Gasteiger partial charge in [0.15, 0.2) is 5.82 Å². The zero-order valence-corrected chi connectivity index (χ0v) is 20.2. The molecule has 196 valence electrons. The van der Waals surface area contributed by atoms with E-state index in [2.05, 4.69) is 4.98 Å². The summed E-state index contributed by atoms with van der Waals surface area (Å²) in [5, 5.41) is 0. The van der Waals surface area contributed by atoms with E-state index in [1.807, 2.05) is 6.07 Å². The van der Waals surface area contributed by atoms with Crippen LogP contribution in [-0.4, -0.2) is 29.8 Å². The molecule has 0 saturated heterocycles. The van der Waals surface area contributed by atoms with Gasteiger partial charge in [-0.05, 0) is 59.7 Å². The van der Waals surface area contributed by atoms with Gasteiger partial charge in [0.2, 0.25) is 0 Å². The Morgan fingerprint density at radius 3 is 2.30 bits per heavy atom. The minimum Gasteiger partial charge on any atom is -0.396 e. The monoisotopic (exact) mass is 538 g/mol. The van der Waals surface area contributed by atoms with E-state index < -0.39 is 46.3 Å². The first-order chi connectivity index (χ1) is 17.4. The summed E-state index contributed by atoms with van der Waals surface area (Å²) in [6.45, 7) is -1.06. The maximum atomic E-state index is 13.8. The highest BCUT2D eigenvalue weighted by Crippen LogP contribution is 2.44. The molecule has 37 heavy (non-hydrogen) atoms. The summed E-state index contributed by atoms with van der Waals surface area (Å²) >= 11 is 0. The number of fused-ring (bicyclic) bond motifs is 1. The zero-order valence-electron chi connectivity index (χ0n) is 19.4. The minimum absolute atomic E-state index is 0.0117. The molecule has 1 fully saturated rings. The molecule has 1 aromatic heterocycles. The molecular weight excluding hydrogens is 515 g/mol. The zero-order chi connectivity index (χ0) is 26.5. The van der Waals surface area contributed by atoms with Crippen LogP contribution in [0, 0.1) is 11.6 Å². The van der Waals surface area contributed by atoms with Crippen molar-refractivity contribution in [1.82, 2.24) is 9.29 Å². The van der Waals surface area contributed by atoms with Crippen molar-refractivity contribution < 1.29 is 30.4 Å². The first kappa shape index (κ1) is 25.4. The topological polar surface area (TPSA) is 79.5 Å². The highest BCUT2D eigenvalue weighted by atomic mass is 32.2. The Bertz CT molecular complexity index is 1430. The standard InChI is InChI=1S/C25H23F5N4O2S/c26-19-6-3-16(4-7-19)24-14-33(37(35,36)25(28,29)30)12-18-9-17(15-1-2-15)5-8-23(18)34(24)13-20-10-22(31)21(27)11-32-20/h3-11,15,24H,1-2,12-14H2,(H2,31,32). The maximum absolute atomic E-state index is 13.8. The van der Waals surface area contributed by atoms with Crippen LogP contribution < -0.4 is 10.6 Å². The second-order valence-electron chi connectivity index (χ2n) is 9.30. The van der Waals surface area contributed by atoms with Gasteiger partial charge in [-0.15, -0.1) is 0 Å². The highest BCUT2D eigenvalue weighted by molar-refractivity contribution is 7.89. The fourth-order valence-electron chi connectivity index (χ4n) is 4.65. The van der Waals surface area contributed by atoms with E-state index in [1.54, 1.807) is 17.0 Å². The normalized spacial score (nSPS) is 18.9. The molecule has 1 aliphatic heterocycles. The van der Waals surface area contributed by atoms with Gasteiger partial charge >= 0.3 is 15.5 Å². The lowest BCUT2D eigenvalue weighted by Crippen LogP contribution is -2.43. The molecule has 5 rings (SSSR count). The van der Waals surface area contributed by atoms with Gasteiger partial charge in [-0.25, -0.2) is 17.2 Å². The Kier molecular flexibility index (Phi) is 6.35. The van der Waals surface area contributed by atoms with Crippen molar-refractivity contribution in [3.63, 3.8) is 0 Å². The van der Waals surface area contributed by atoms with Crippen molar-refractivity contribution in [2.75, 3.05) is 17.2 Å². The van der Waals surface area contributed by atoms with Crippen molar-refractivity contribution >= 4 is 21.4 Å². The molecule has 1 unspecified atom stereocenters. The minimum atomic E-state index is -5.69. The molecule has 1 aliphatic carbocycles. The number of nitrogens with two attached hydrogens (primary N) is 1. The van der Waals surface area contributed by atoms with Gasteiger partial charge in [-0.1, -0.05) is 24.3 Å². The van der Waals surface area contributed by atoms with Crippen LogP contribution >= 0.6 is 0 Å². The van der Waals surface area contributed by atoms with Crippen LogP contribution in [0.25, 0.3) is 0 Å². The van der Waals surface area contributed by atoms with Crippen LogP contribution in [0.2, 0.25) is 0 Å². The molecule has 2 N–H and O–H groups in total. The Balaban J connectivity index is 1.68. The number of aromatic nitrogens is 1. The molecule has 2 aromatic carbocycles. The van der Waals surface area contributed by atoms with E-state index >= 15 is 0 Å². The third-order valence-electron chi connectivity index (χ3n) is 6.72. The van der Waals surface area contributed by atoms with Crippen LogP contribution in [0.4, 0.5) is 33.3 Å². The molecule has 0 spiro atoms. The molecule has 3 aromatic rings. The molecule has 0 bridgehead atoms. The summed E-state index contributed by atoms with van der Waals surface area (Å²) in [7, 11) is -5.69. The van der Waals surface area contributed by atoms with E-state index in [-0.39, 0.29) is 18.2 Å². The fraction of sp³-hybridized carbons (Fsp3) is 0.320. The number of nitrogens with zero attached hydrogens (tertiary/aromatic N) is 3. The summed E-state index contributed by atoms with van der Waals surface area (Å²) < 4.78 is 94.3. The number of hydrogen-bond donors (Lipinski definition) is 1. The van der Waals surface area contributed by atoms with E-state index in [4.69, 9.17) is 5.73 Å². The van der Waals surface area contributed by atoms with Gasteiger partial charge < -0.3 is 10.6 Å². The molecule has 1 atom stereocenters. The number of rotatable bonds is 5. The molecule has 0 radical (unpaired) electrons. The number of pyridine rings is 1. The Labute approximate surface area is 210 Å². The van der Waals surface area contributed by atoms with Crippen LogP contribution in [-0.2, 0) is 23.1 Å². The van der Waals surface area contributed by atoms with Crippen molar-refractivity contribution in [3.05, 3.63) is 88.7 Å². The lowest BCUT2D eigenvalue weighted by atomic mass is 10.0. The van der Waals surface area contributed by atoms with E-state index in [1.165, 1.54) is 18.2 Å². The van der Waals surface area contributed by atoms with Gasteiger partial charge in [0, 0.05) is 18.8 Å². The third kappa shape index (κ3) is 4.99. The number of sulfonamides is 1. The van der Waals surface area contributed by atoms with Gasteiger partial charge in [0.25, 0.3) is 0 Å². The van der Waals surface area contributed by atoms with Crippen molar-refractivity contribution in [2.24, 2.45) is 0 Å². The predicted octanol–water partition coefficient (Wildman–Crippen LogP) is 5.23. The van der Waals surface area contributed by atoms with Crippen molar-refractivity contribution in [2.45, 2.75) is 43.4 Å². The van der Waals surface area contributed by atoms with Crippen molar-refractivity contribution in [3.8, 4) is 0 Å². The van der Waals surface area contributed by atoms with E-state index in [9.17, 15) is 30.4 Å². The fourth-order valence-corrected chi connectivity index (χ4v) is 5.59. The van der Waals surface area contributed by atoms with Gasteiger partial charge in [0.1, 0.15) is 5.82 Å². The number of hydrogen-bond acceptors (Lipinski definition) is 5. The number of anilines is 2. The summed E-state index contributed by atoms with van der Waals surface area (Å²) in [5.41, 5.74) is 2.62. The van der Waals surface area contributed by atoms with Crippen molar-refractivity contribution in [1.29, 1.82) is 0 Å². The first-order valence-corrected chi connectivity index (χ1v) is 13.0. The maximum Gasteiger partial charge on any atom is 0.511 e. The molecule has 0 amide bonds. The van der Waals surface area contributed by atoms with Crippen LogP contribution in [0.5, 0.6) is 0 Å². The molecular formula is C25H23F5N4O2S. The average molecular weight is 539 g/mol. The summed E-state index contributed by atoms with van der Waals surface area (Å²) in [6, 6.07) is 10.9. The SMILES string of the molecule is Nc1cc(CN2c3ccc(C4CC4)cc3CN(S(=O)(=O)C(F)(F)F)CC2c2ccc(F)cc2)ncc1F. The molecule has 12 heteroatoms. The quantitative estimate of drug-likeness (QED) is 0.450. The average Bonchev–Trinajstić information content (AvgIpc) is 3.69. The predicted molar refractivity (Wildman–Crippen MR) is 128 cm³/mol. The van der Waals surface area contributed by atoms with Gasteiger partial charge in [0.05, 0.1) is 30.2 Å². The Morgan fingerprint density at radius 1 is 1.00 bits per heavy atom. The van der Waals surface area contributed by atoms with Crippen LogP contribution in [0.1, 0.15) is 47.2 Å². The largest absolute Gasteiger partial charge is 0.511 e. The number of benzene rings is 2. The highest BCUT2D eigenvalue weighted by Gasteiger charge is 2.51. The lowest BCUT2D eigenvalue weighted by molar-refractivity contribution is -0.0492. The summed E-state index contributed by atoms with van der Waals surface area (Å²) in [6.07, 6.45) is 2.85. The lowest BCUT2D eigenvalue weighted by Gasteiger charge is -2.34. The summed E-state index contributed by atoms with van der Waals surface area (Å²) in [5.74, 6) is -0.987. The molecule has 1 saturated carbocycles. The van der Waals surface area contributed by atoms with Crippen LogP contribution in [0.15, 0.2) is 54.7 Å². The van der Waals surface area contributed by atoms with E-state index in [0.717, 1.165) is 36.7 Å². The summed E-state index contributed by atoms with van der Waals surface area (Å²) in [4.78, 5) is 5.79. The van der Waals surface area contributed by atoms with Gasteiger partial charge in [-0.3, -0.25) is 4.98 Å². The number of halogens is 5. The first-order valence-electron chi connectivity index (χ1n) is 11.6. The Morgan fingerprint density at radius 2 is 1.68 bits per heavy atom. The third-order valence-corrected chi connectivity index (χ3v) is 8.27. The molecule has 6 nitrogen and oxygen atoms in total. The second kappa shape index (κ2) is 9.25. The number of alkyl halides is 3. The smallest absolute Gasteiger partial charge is 0.396 e. The van der Waals surface area contributed by atoms with Crippen LogP contribution in [0.3, 0.4) is 0 Å². The molecule has 2 heterocycles. The Hall–Kier alpha value is -3.25. The number of nitrogen functional groups attached to an aromatic ring is 1. The molecule has 2 aliphatic rings.